The van der Waals surface area contributed by atoms with Crippen LogP contribution in [0.1, 0.15) is 16.1 Å². The number of anilines is 1. The Bertz CT molecular complexity index is 1460. The maximum Gasteiger partial charge on any atom is 0.249 e. The lowest BCUT2D eigenvalue weighted by molar-refractivity contribution is -0.117. The summed E-state index contributed by atoms with van der Waals surface area (Å²) in [6, 6.07) is 26.2. The number of fused-ring (bicyclic) bond motifs is 3. The number of aromatic nitrogens is 2. The lowest BCUT2D eigenvalue weighted by Gasteiger charge is -2.18. The van der Waals surface area contributed by atoms with Gasteiger partial charge < -0.3 is 5.32 Å². The fourth-order valence-electron chi connectivity index (χ4n) is 3.90. The number of para-hydroxylation sites is 1. The third kappa shape index (κ3) is 4.04. The summed E-state index contributed by atoms with van der Waals surface area (Å²) >= 11 is 5.11. The third-order valence-electron chi connectivity index (χ3n) is 5.48. The van der Waals surface area contributed by atoms with Gasteiger partial charge in [-0.3, -0.25) is 9.59 Å². The van der Waals surface area contributed by atoms with E-state index >= 15 is 0 Å². The van der Waals surface area contributed by atoms with Gasteiger partial charge in [0.1, 0.15) is 5.69 Å². The maximum atomic E-state index is 13.5. The number of carbonyl (C=O) groups is 2. The molecule has 0 radical (unpaired) electrons. The monoisotopic (exact) mass is 528 g/mol. The molecule has 1 N–H and O–H groups in total. The molecule has 0 aliphatic carbocycles. The minimum atomic E-state index is -1.52. The number of benzene rings is 3. The van der Waals surface area contributed by atoms with Crippen LogP contribution >= 0.6 is 27.7 Å². The summed E-state index contributed by atoms with van der Waals surface area (Å²) in [5.41, 5.74) is 3.92. The number of Topliss-reactive ketones (excluding diaryl/α,β-unsaturated/α-hetero) is 1. The molecule has 3 aromatic carbocycles. The highest BCUT2D eigenvalue weighted by molar-refractivity contribution is 9.10. The molecule has 1 atom stereocenters. The average molecular weight is 529 g/mol. The molecule has 1 aliphatic rings. The zero-order valence-corrected chi connectivity index (χ0v) is 20.1. The Labute approximate surface area is 208 Å². The summed E-state index contributed by atoms with van der Waals surface area (Å²) in [6.45, 7) is 0. The first-order valence-electron chi connectivity index (χ1n) is 10.5. The minimum Gasteiger partial charge on any atom is -0.325 e. The van der Waals surface area contributed by atoms with Gasteiger partial charge >= 0.3 is 0 Å². The number of hydrogen-bond acceptors (Lipinski definition) is 5. The molecule has 2 heterocycles. The van der Waals surface area contributed by atoms with Crippen molar-refractivity contribution in [2.75, 3.05) is 5.32 Å². The van der Waals surface area contributed by atoms with Crippen LogP contribution in [0, 0.1) is 17.2 Å². The van der Waals surface area contributed by atoms with Crippen molar-refractivity contribution in [2.45, 2.75) is 10.6 Å². The van der Waals surface area contributed by atoms with Gasteiger partial charge in [0.25, 0.3) is 0 Å². The molecule has 0 saturated heterocycles. The number of nitrogens with one attached hydrogen (secondary N) is 1. The molecule has 0 spiro atoms. The van der Waals surface area contributed by atoms with Gasteiger partial charge in [0, 0.05) is 31.9 Å². The fraction of sp³-hybridized carbons (Fsp3) is 0.0769. The number of nitrogens with zero attached hydrogens (tertiary/aromatic N) is 3. The van der Waals surface area contributed by atoms with Crippen LogP contribution in [0.3, 0.4) is 0 Å². The van der Waals surface area contributed by atoms with Gasteiger partial charge in [-0.2, -0.15) is 10.4 Å². The van der Waals surface area contributed by atoms with E-state index in [1.807, 2.05) is 60.7 Å². The number of amides is 1. The molecule has 1 aliphatic heterocycles. The number of rotatable bonds is 5. The first kappa shape index (κ1) is 22.1. The fourth-order valence-corrected chi connectivity index (χ4v) is 5.36. The van der Waals surface area contributed by atoms with Crippen LogP contribution in [0.15, 0.2) is 88.2 Å². The Kier molecular flexibility index (Phi) is 6.05. The van der Waals surface area contributed by atoms with Gasteiger partial charge in [-0.15, -0.1) is 11.8 Å². The second kappa shape index (κ2) is 9.29. The van der Waals surface area contributed by atoms with E-state index in [-0.39, 0.29) is 5.69 Å². The molecule has 0 fully saturated rings. The quantitative estimate of drug-likeness (QED) is 0.258. The normalized spacial score (nSPS) is 12.7. The second-order valence-electron chi connectivity index (χ2n) is 7.63. The molecular weight excluding hydrogens is 512 g/mol. The highest BCUT2D eigenvalue weighted by Gasteiger charge is 2.35. The summed E-state index contributed by atoms with van der Waals surface area (Å²) in [6.07, 6.45) is 0. The molecule has 5 rings (SSSR count). The Hall–Kier alpha value is -3.67. The van der Waals surface area contributed by atoms with Gasteiger partial charge in [0.15, 0.2) is 5.92 Å². The van der Waals surface area contributed by atoms with Crippen LogP contribution in [-0.2, 0) is 10.5 Å². The van der Waals surface area contributed by atoms with Crippen LogP contribution in [0.5, 0.6) is 0 Å². The Morgan fingerprint density at radius 2 is 1.82 bits per heavy atom. The van der Waals surface area contributed by atoms with Crippen molar-refractivity contribution in [1.82, 2.24) is 9.78 Å². The molecule has 1 aromatic heterocycles. The van der Waals surface area contributed by atoms with Crippen molar-refractivity contribution >= 4 is 45.1 Å². The summed E-state index contributed by atoms with van der Waals surface area (Å²) in [4.78, 5) is 27.5. The molecular formula is C26H17BrN4O2S. The van der Waals surface area contributed by atoms with Gasteiger partial charge in [-0.1, -0.05) is 58.4 Å². The lowest BCUT2D eigenvalue weighted by Crippen LogP contribution is -2.29. The summed E-state index contributed by atoms with van der Waals surface area (Å²) in [7, 11) is 0. The van der Waals surface area contributed by atoms with Crippen LogP contribution in [0.25, 0.3) is 16.9 Å². The molecule has 6 nitrogen and oxygen atoms in total. The zero-order valence-electron chi connectivity index (χ0n) is 17.7. The van der Waals surface area contributed by atoms with Gasteiger partial charge in [0.2, 0.25) is 11.7 Å². The van der Waals surface area contributed by atoms with E-state index < -0.39 is 17.6 Å². The van der Waals surface area contributed by atoms with Gasteiger partial charge in [-0.25, -0.2) is 4.68 Å². The van der Waals surface area contributed by atoms with Crippen LogP contribution < -0.4 is 5.32 Å². The highest BCUT2D eigenvalue weighted by atomic mass is 79.9. The van der Waals surface area contributed by atoms with E-state index in [1.54, 1.807) is 40.7 Å². The molecule has 1 amide bonds. The van der Waals surface area contributed by atoms with Crippen molar-refractivity contribution in [2.24, 2.45) is 5.92 Å². The number of hydrogen-bond donors (Lipinski definition) is 1. The van der Waals surface area contributed by atoms with E-state index in [2.05, 4.69) is 26.3 Å². The van der Waals surface area contributed by atoms with Crippen molar-refractivity contribution in [3.63, 3.8) is 0 Å². The molecule has 166 valence electrons. The SMILES string of the molecule is N#CC(C(=O)Nc1ccccc1)C(=O)c1nn(-c2cccc(Br)c2)c2c1CSc1ccccc1-2. The summed E-state index contributed by atoms with van der Waals surface area (Å²) in [5.74, 6) is -2.29. The van der Waals surface area contributed by atoms with E-state index in [0.29, 0.717) is 11.4 Å². The molecule has 1 unspecified atom stereocenters. The Morgan fingerprint density at radius 3 is 2.59 bits per heavy atom. The third-order valence-corrected chi connectivity index (χ3v) is 7.07. The Morgan fingerprint density at radius 1 is 1.06 bits per heavy atom. The molecule has 8 heteroatoms. The number of carbonyl (C=O) groups excluding carboxylic acids is 2. The summed E-state index contributed by atoms with van der Waals surface area (Å²) in [5, 5.41) is 17.1. The van der Waals surface area contributed by atoms with Crippen LogP contribution in [-0.4, -0.2) is 21.5 Å². The largest absolute Gasteiger partial charge is 0.325 e. The van der Waals surface area contributed by atoms with E-state index in [0.717, 1.165) is 31.9 Å². The van der Waals surface area contributed by atoms with Crippen LogP contribution in [0.2, 0.25) is 0 Å². The van der Waals surface area contributed by atoms with Gasteiger partial charge in [0.05, 0.1) is 17.5 Å². The van der Waals surface area contributed by atoms with Crippen molar-refractivity contribution < 1.29 is 9.59 Å². The summed E-state index contributed by atoms with van der Waals surface area (Å²) < 4.78 is 2.60. The molecule has 4 aromatic rings. The smallest absolute Gasteiger partial charge is 0.249 e. The topological polar surface area (TPSA) is 87.8 Å². The predicted molar refractivity (Wildman–Crippen MR) is 135 cm³/mol. The standard InChI is InChI=1S/C26H17BrN4O2S/c27-16-7-6-10-18(13-16)31-24-19-11-4-5-12-22(19)34-15-21(24)23(30-31)25(32)20(14-28)26(33)29-17-8-2-1-3-9-17/h1-13,20H,15H2,(H,29,33). The molecule has 0 bridgehead atoms. The van der Waals surface area contributed by atoms with Gasteiger partial charge in [-0.05, 0) is 36.4 Å². The minimum absolute atomic E-state index is 0.145. The van der Waals surface area contributed by atoms with E-state index in [4.69, 9.17) is 0 Å². The van der Waals surface area contributed by atoms with Crippen molar-refractivity contribution in [1.29, 1.82) is 5.26 Å². The van der Waals surface area contributed by atoms with E-state index in [9.17, 15) is 14.9 Å². The number of halogens is 1. The lowest BCUT2D eigenvalue weighted by atomic mass is 9.97. The van der Waals surface area contributed by atoms with Crippen molar-refractivity contribution in [3.8, 4) is 23.0 Å². The predicted octanol–water partition coefficient (Wildman–Crippen LogP) is 5.87. The number of ketones is 1. The highest BCUT2D eigenvalue weighted by Crippen LogP contribution is 2.44. The molecule has 34 heavy (non-hydrogen) atoms. The first-order chi connectivity index (χ1) is 16.6. The van der Waals surface area contributed by atoms with Crippen LogP contribution in [0.4, 0.5) is 5.69 Å². The number of nitriles is 1. The zero-order chi connectivity index (χ0) is 23.7. The second-order valence-corrected chi connectivity index (χ2v) is 9.57. The van der Waals surface area contributed by atoms with E-state index in [1.165, 1.54) is 0 Å². The average Bonchev–Trinajstić information content (AvgIpc) is 3.25. The van der Waals surface area contributed by atoms with Crippen molar-refractivity contribution in [3.05, 3.63) is 94.6 Å². The number of thioether (sulfide) groups is 1. The Balaban J connectivity index is 1.60. The maximum absolute atomic E-state index is 13.5. The first-order valence-corrected chi connectivity index (χ1v) is 12.2. The molecule has 0 saturated carbocycles.